The lowest BCUT2D eigenvalue weighted by atomic mass is 9.99. The molecule has 0 aliphatic carbocycles. The fraction of sp³-hybridized carbons (Fsp3) is 0.444. The molecular weight excluding hydrogens is 274 g/mol. The van der Waals surface area contributed by atoms with Crippen molar-refractivity contribution >= 4 is 5.91 Å². The second kappa shape index (κ2) is 5.59. The number of aryl methyl sites for hydroxylation is 2. The Hall–Kier alpha value is -2.10. The van der Waals surface area contributed by atoms with Gasteiger partial charge in [0.05, 0.1) is 18.6 Å². The first-order valence-electron chi connectivity index (χ1n) is 7.82. The van der Waals surface area contributed by atoms with Gasteiger partial charge in [-0.05, 0) is 25.3 Å². The lowest BCUT2D eigenvalue weighted by Crippen LogP contribution is -2.43. The van der Waals surface area contributed by atoms with Gasteiger partial charge in [-0.15, -0.1) is 0 Å². The first-order chi connectivity index (χ1) is 10.5. The van der Waals surface area contributed by atoms with Crippen molar-refractivity contribution in [1.29, 1.82) is 0 Å². The average Bonchev–Trinajstić information content (AvgIpc) is 2.85. The van der Waals surface area contributed by atoms with Gasteiger partial charge >= 0.3 is 0 Å². The number of benzene rings is 1. The number of rotatable bonds is 3. The van der Waals surface area contributed by atoms with E-state index in [2.05, 4.69) is 50.9 Å². The lowest BCUT2D eigenvalue weighted by Gasteiger charge is -2.36. The molecule has 0 fully saturated rings. The molecule has 2 aromatic rings. The molecule has 1 aliphatic rings. The quantitative estimate of drug-likeness (QED) is 0.872. The number of amides is 1. The van der Waals surface area contributed by atoms with E-state index in [0.717, 1.165) is 5.69 Å². The van der Waals surface area contributed by atoms with Crippen molar-refractivity contribution in [1.82, 2.24) is 14.5 Å². The third-order valence-electron chi connectivity index (χ3n) is 4.25. The molecule has 4 nitrogen and oxygen atoms in total. The highest BCUT2D eigenvalue weighted by atomic mass is 16.2. The first kappa shape index (κ1) is 14.8. The van der Waals surface area contributed by atoms with Gasteiger partial charge in [-0.3, -0.25) is 4.79 Å². The number of hydrogen-bond donors (Lipinski definition) is 0. The third-order valence-corrected chi connectivity index (χ3v) is 4.25. The molecule has 0 N–H and O–H groups in total. The Balaban J connectivity index is 1.90. The summed E-state index contributed by atoms with van der Waals surface area (Å²) < 4.78 is 2.03. The van der Waals surface area contributed by atoms with Crippen LogP contribution in [0.5, 0.6) is 0 Å². The van der Waals surface area contributed by atoms with E-state index in [1.165, 1.54) is 16.7 Å². The minimum Gasteiger partial charge on any atom is -0.331 e. The second-order valence-electron chi connectivity index (χ2n) is 6.67. The molecule has 22 heavy (non-hydrogen) atoms. The van der Waals surface area contributed by atoms with Crippen molar-refractivity contribution in [2.45, 2.75) is 46.8 Å². The summed E-state index contributed by atoms with van der Waals surface area (Å²) in [5, 5.41) is 0. The number of aromatic nitrogens is 2. The number of carbonyl (C=O) groups excluding carboxylic acids is 1. The van der Waals surface area contributed by atoms with Crippen LogP contribution in [-0.2, 0) is 17.9 Å². The van der Waals surface area contributed by atoms with E-state index in [0.29, 0.717) is 13.1 Å². The zero-order valence-electron chi connectivity index (χ0n) is 13.7. The molecule has 0 saturated heterocycles. The summed E-state index contributed by atoms with van der Waals surface area (Å²) in [6.45, 7) is 9.67. The summed E-state index contributed by atoms with van der Waals surface area (Å²) in [4.78, 5) is 19.1. The zero-order valence-corrected chi connectivity index (χ0v) is 13.7. The molecule has 1 atom stereocenters. The Labute approximate surface area is 131 Å². The van der Waals surface area contributed by atoms with Crippen molar-refractivity contribution in [2.75, 3.05) is 0 Å². The second-order valence-corrected chi connectivity index (χ2v) is 6.67. The monoisotopic (exact) mass is 297 g/mol. The zero-order chi connectivity index (χ0) is 15.9. The molecule has 1 aromatic carbocycles. The molecule has 2 heterocycles. The Kier molecular flexibility index (Phi) is 3.77. The van der Waals surface area contributed by atoms with Gasteiger partial charge in [0.15, 0.2) is 0 Å². The minimum atomic E-state index is -0.142. The van der Waals surface area contributed by atoms with E-state index in [1.54, 1.807) is 6.33 Å². The van der Waals surface area contributed by atoms with Gasteiger partial charge in [0.1, 0.15) is 6.04 Å². The molecule has 0 saturated carbocycles. The maximum atomic E-state index is 12.9. The van der Waals surface area contributed by atoms with E-state index in [-0.39, 0.29) is 17.9 Å². The van der Waals surface area contributed by atoms with Crippen molar-refractivity contribution in [2.24, 2.45) is 5.92 Å². The molecule has 116 valence electrons. The smallest absolute Gasteiger partial charge is 0.246 e. The largest absolute Gasteiger partial charge is 0.331 e. The maximum absolute atomic E-state index is 12.9. The lowest BCUT2D eigenvalue weighted by molar-refractivity contribution is -0.139. The Bertz CT molecular complexity index is 682. The topological polar surface area (TPSA) is 38.1 Å². The standard InChI is InChI=1S/C18H23N3O/c1-12(2)17-18(22)20(10-16-8-19-11-21(16)17)9-15-6-13(3)5-14(4)7-15/h5-8,11-12,17H,9-10H2,1-4H3. The van der Waals surface area contributed by atoms with Crippen molar-refractivity contribution in [3.8, 4) is 0 Å². The van der Waals surface area contributed by atoms with E-state index >= 15 is 0 Å². The van der Waals surface area contributed by atoms with Crippen LogP contribution in [0, 0.1) is 19.8 Å². The van der Waals surface area contributed by atoms with Crippen LogP contribution >= 0.6 is 0 Å². The molecule has 3 rings (SSSR count). The number of imidazole rings is 1. The SMILES string of the molecule is Cc1cc(C)cc(CN2Cc3cncn3C(C(C)C)C2=O)c1. The minimum absolute atomic E-state index is 0.142. The van der Waals surface area contributed by atoms with Crippen LogP contribution in [0.3, 0.4) is 0 Å². The highest BCUT2D eigenvalue weighted by molar-refractivity contribution is 5.81. The Morgan fingerprint density at radius 3 is 2.55 bits per heavy atom. The van der Waals surface area contributed by atoms with E-state index < -0.39 is 0 Å². The molecule has 1 amide bonds. The van der Waals surface area contributed by atoms with Gasteiger partial charge in [-0.25, -0.2) is 4.98 Å². The summed E-state index contributed by atoms with van der Waals surface area (Å²) in [6.07, 6.45) is 3.66. The van der Waals surface area contributed by atoms with Gasteiger partial charge in [-0.1, -0.05) is 43.2 Å². The van der Waals surface area contributed by atoms with E-state index in [1.807, 2.05) is 15.7 Å². The predicted molar refractivity (Wildman–Crippen MR) is 86.3 cm³/mol. The van der Waals surface area contributed by atoms with Crippen LogP contribution in [0.1, 0.15) is 42.3 Å². The summed E-state index contributed by atoms with van der Waals surface area (Å²) in [5.74, 6) is 0.446. The number of fused-ring (bicyclic) bond motifs is 1. The molecular formula is C18H23N3O. The van der Waals surface area contributed by atoms with Gasteiger partial charge < -0.3 is 9.47 Å². The van der Waals surface area contributed by atoms with E-state index in [9.17, 15) is 4.79 Å². The van der Waals surface area contributed by atoms with Crippen LogP contribution in [0.15, 0.2) is 30.7 Å². The normalized spacial score (nSPS) is 18.0. The third kappa shape index (κ3) is 2.65. The summed E-state index contributed by atoms with van der Waals surface area (Å²) in [6, 6.07) is 6.35. The molecule has 0 spiro atoms. The highest BCUT2D eigenvalue weighted by Crippen LogP contribution is 2.29. The molecule has 1 aliphatic heterocycles. The first-order valence-corrected chi connectivity index (χ1v) is 7.82. The summed E-state index contributed by atoms with van der Waals surface area (Å²) in [7, 11) is 0. The van der Waals surface area contributed by atoms with E-state index in [4.69, 9.17) is 0 Å². The van der Waals surface area contributed by atoms with Crippen molar-refractivity contribution in [3.63, 3.8) is 0 Å². The molecule has 0 radical (unpaired) electrons. The van der Waals surface area contributed by atoms with Crippen LogP contribution in [-0.4, -0.2) is 20.4 Å². The maximum Gasteiger partial charge on any atom is 0.246 e. The average molecular weight is 297 g/mol. The van der Waals surface area contributed by atoms with Gasteiger partial charge in [0, 0.05) is 12.7 Å². The summed E-state index contributed by atoms with van der Waals surface area (Å²) in [5.41, 5.74) is 4.79. The number of carbonyl (C=O) groups is 1. The molecule has 1 aromatic heterocycles. The Morgan fingerprint density at radius 1 is 1.23 bits per heavy atom. The number of hydrogen-bond acceptors (Lipinski definition) is 2. The van der Waals surface area contributed by atoms with Crippen LogP contribution < -0.4 is 0 Å². The molecule has 4 heteroatoms. The van der Waals surface area contributed by atoms with Crippen LogP contribution in [0.4, 0.5) is 0 Å². The summed E-state index contributed by atoms with van der Waals surface area (Å²) >= 11 is 0. The van der Waals surface area contributed by atoms with Gasteiger partial charge in [-0.2, -0.15) is 0 Å². The fourth-order valence-corrected chi connectivity index (χ4v) is 3.41. The van der Waals surface area contributed by atoms with Gasteiger partial charge in [0.2, 0.25) is 5.91 Å². The number of nitrogens with zero attached hydrogens (tertiary/aromatic N) is 3. The highest BCUT2D eigenvalue weighted by Gasteiger charge is 2.34. The van der Waals surface area contributed by atoms with Crippen LogP contribution in [0.2, 0.25) is 0 Å². The fourth-order valence-electron chi connectivity index (χ4n) is 3.41. The van der Waals surface area contributed by atoms with Gasteiger partial charge in [0.25, 0.3) is 0 Å². The molecule has 1 unspecified atom stereocenters. The molecule has 0 bridgehead atoms. The van der Waals surface area contributed by atoms with Crippen molar-refractivity contribution < 1.29 is 4.79 Å². The van der Waals surface area contributed by atoms with Crippen molar-refractivity contribution in [3.05, 3.63) is 53.1 Å². The predicted octanol–water partition coefficient (Wildman–Crippen LogP) is 3.24. The Morgan fingerprint density at radius 2 is 1.91 bits per heavy atom. The van der Waals surface area contributed by atoms with Crippen LogP contribution in [0.25, 0.3) is 0 Å².